The number of nitrogens with zero attached hydrogens (tertiary/aromatic N) is 1. The van der Waals surface area contributed by atoms with E-state index in [2.05, 4.69) is 4.90 Å². The van der Waals surface area contributed by atoms with Crippen LogP contribution in [0.25, 0.3) is 0 Å². The van der Waals surface area contributed by atoms with Crippen molar-refractivity contribution in [1.29, 1.82) is 0 Å². The molecule has 1 spiro atoms. The molecule has 2 heterocycles. The summed E-state index contributed by atoms with van der Waals surface area (Å²) >= 11 is 0. The summed E-state index contributed by atoms with van der Waals surface area (Å²) in [6, 6.07) is 3.79. The average molecular weight is 331 g/mol. The number of benzene rings is 1. The largest absolute Gasteiger partial charge is 0.486 e. The molecule has 1 aromatic carbocycles. The number of carbonyl (C=O) groups excluding carboxylic acids is 1. The number of fused-ring (bicyclic) bond motifs is 3. The van der Waals surface area contributed by atoms with Gasteiger partial charge in [-0.05, 0) is 37.8 Å². The van der Waals surface area contributed by atoms with Crippen LogP contribution in [0.15, 0.2) is 12.1 Å². The van der Waals surface area contributed by atoms with Crippen molar-refractivity contribution in [2.45, 2.75) is 50.7 Å². The highest BCUT2D eigenvalue weighted by atomic mass is 16.5. The normalized spacial score (nSPS) is 22.5. The first-order valence-electron chi connectivity index (χ1n) is 8.93. The number of carbonyl (C=O) groups is 1. The van der Waals surface area contributed by atoms with E-state index in [9.17, 15) is 4.79 Å². The van der Waals surface area contributed by atoms with Crippen molar-refractivity contribution in [3.63, 3.8) is 0 Å². The Kier molecular flexibility index (Phi) is 4.22. The molecule has 1 aliphatic carbocycles. The number of ketones is 1. The molecule has 0 N–H and O–H groups in total. The molecule has 0 saturated heterocycles. The third kappa shape index (κ3) is 2.80. The van der Waals surface area contributed by atoms with E-state index in [1.54, 1.807) is 7.11 Å². The predicted octanol–water partition coefficient (Wildman–Crippen LogP) is 3.15. The number of Topliss-reactive ketones (excluding diaryl/α,β-unsaturated/α-hetero) is 1. The summed E-state index contributed by atoms with van der Waals surface area (Å²) in [5, 5.41) is 0. The molecule has 1 fully saturated rings. The summed E-state index contributed by atoms with van der Waals surface area (Å²) < 4.78 is 17.6. The molecular weight excluding hydrogens is 306 g/mol. The highest BCUT2D eigenvalue weighted by molar-refractivity contribution is 6.01. The fourth-order valence-corrected chi connectivity index (χ4v) is 4.14. The highest BCUT2D eigenvalue weighted by Crippen LogP contribution is 2.46. The van der Waals surface area contributed by atoms with E-state index >= 15 is 0 Å². The summed E-state index contributed by atoms with van der Waals surface area (Å²) in [4.78, 5) is 14.9. The maximum absolute atomic E-state index is 12.7. The van der Waals surface area contributed by atoms with E-state index in [-0.39, 0.29) is 11.4 Å². The molecule has 0 amide bonds. The Labute approximate surface area is 142 Å². The van der Waals surface area contributed by atoms with Gasteiger partial charge in [0, 0.05) is 20.2 Å². The van der Waals surface area contributed by atoms with E-state index in [4.69, 9.17) is 14.2 Å². The van der Waals surface area contributed by atoms with Gasteiger partial charge in [0.15, 0.2) is 5.78 Å². The lowest BCUT2D eigenvalue weighted by molar-refractivity contribution is 0.00871. The van der Waals surface area contributed by atoms with Crippen LogP contribution in [0.2, 0.25) is 0 Å². The molecule has 24 heavy (non-hydrogen) atoms. The van der Waals surface area contributed by atoms with Gasteiger partial charge in [-0.3, -0.25) is 9.69 Å². The summed E-state index contributed by atoms with van der Waals surface area (Å²) in [7, 11) is 1.70. The Morgan fingerprint density at radius 1 is 1.25 bits per heavy atom. The molecule has 4 rings (SSSR count). The van der Waals surface area contributed by atoms with Gasteiger partial charge in [0.25, 0.3) is 0 Å². The molecule has 2 aliphatic heterocycles. The van der Waals surface area contributed by atoms with Crippen molar-refractivity contribution >= 4 is 5.78 Å². The molecule has 0 unspecified atom stereocenters. The summed E-state index contributed by atoms with van der Waals surface area (Å²) in [5.41, 5.74) is 1.46. The van der Waals surface area contributed by atoms with Crippen LogP contribution >= 0.6 is 0 Å². The number of hydrogen-bond acceptors (Lipinski definition) is 5. The smallest absolute Gasteiger partial charge is 0.170 e. The van der Waals surface area contributed by atoms with E-state index in [1.165, 1.54) is 6.42 Å². The molecule has 5 nitrogen and oxygen atoms in total. The van der Waals surface area contributed by atoms with Gasteiger partial charge in [-0.25, -0.2) is 0 Å². The molecule has 0 bridgehead atoms. The Hall–Kier alpha value is -1.59. The first-order valence-corrected chi connectivity index (χ1v) is 8.93. The fraction of sp³-hybridized carbons (Fsp3) is 0.632. The third-order valence-corrected chi connectivity index (χ3v) is 5.48. The molecule has 0 atom stereocenters. The second-order valence-corrected chi connectivity index (χ2v) is 7.18. The minimum absolute atomic E-state index is 0.218. The van der Waals surface area contributed by atoms with Gasteiger partial charge >= 0.3 is 0 Å². The fourth-order valence-electron chi connectivity index (χ4n) is 4.14. The van der Waals surface area contributed by atoms with Gasteiger partial charge < -0.3 is 14.2 Å². The van der Waals surface area contributed by atoms with Gasteiger partial charge in [0.1, 0.15) is 23.8 Å². The lowest BCUT2D eigenvalue weighted by Crippen LogP contribution is -2.44. The van der Waals surface area contributed by atoms with Crippen molar-refractivity contribution < 1.29 is 19.0 Å². The van der Waals surface area contributed by atoms with Crippen LogP contribution in [-0.4, -0.2) is 43.3 Å². The lowest BCUT2D eigenvalue weighted by Gasteiger charge is -2.42. The number of rotatable bonds is 3. The molecule has 130 valence electrons. The molecule has 0 aromatic heterocycles. The zero-order valence-electron chi connectivity index (χ0n) is 14.3. The molecule has 5 heteroatoms. The van der Waals surface area contributed by atoms with Crippen LogP contribution in [0.3, 0.4) is 0 Å². The van der Waals surface area contributed by atoms with Crippen LogP contribution in [0.4, 0.5) is 0 Å². The number of hydrogen-bond donors (Lipinski definition) is 0. The second-order valence-electron chi connectivity index (χ2n) is 7.18. The molecule has 0 radical (unpaired) electrons. The minimum Gasteiger partial charge on any atom is -0.486 e. The Balaban J connectivity index is 1.66. The van der Waals surface area contributed by atoms with E-state index in [0.29, 0.717) is 19.8 Å². The summed E-state index contributed by atoms with van der Waals surface area (Å²) in [6.45, 7) is 2.76. The molecular formula is C19H25NO4. The zero-order valence-corrected chi connectivity index (χ0v) is 14.3. The Bertz CT molecular complexity index is 636. The van der Waals surface area contributed by atoms with Gasteiger partial charge in [0.2, 0.25) is 0 Å². The van der Waals surface area contributed by atoms with Crippen LogP contribution in [0, 0.1) is 0 Å². The van der Waals surface area contributed by atoms with Crippen molar-refractivity contribution in [3.05, 3.63) is 23.3 Å². The Morgan fingerprint density at radius 3 is 2.88 bits per heavy atom. The average Bonchev–Trinajstić information content (AvgIpc) is 2.60. The topological polar surface area (TPSA) is 48.0 Å². The van der Waals surface area contributed by atoms with E-state index < -0.39 is 0 Å². The van der Waals surface area contributed by atoms with Gasteiger partial charge in [-0.1, -0.05) is 6.42 Å². The van der Waals surface area contributed by atoms with Crippen LogP contribution in [0.5, 0.6) is 11.5 Å². The molecule has 3 aliphatic rings. The van der Waals surface area contributed by atoms with Gasteiger partial charge in [0.05, 0.1) is 24.2 Å². The standard InChI is InChI=1S/C19H25NO4/c1-22-10-9-20-12-15-17(23-13-20)6-5-14-16(21)11-19(24-18(14)15)7-3-2-4-8-19/h5-6H,2-4,7-13H2,1H3. The Morgan fingerprint density at radius 2 is 2.08 bits per heavy atom. The lowest BCUT2D eigenvalue weighted by atomic mass is 9.78. The first kappa shape index (κ1) is 15.9. The minimum atomic E-state index is -0.285. The van der Waals surface area contributed by atoms with Crippen LogP contribution in [0.1, 0.15) is 54.4 Å². The SMILES string of the molecule is COCCN1COc2ccc3c(c2C1)OC1(CCCCC1)CC3=O. The summed E-state index contributed by atoms with van der Waals surface area (Å²) in [5.74, 6) is 1.84. The molecule has 1 saturated carbocycles. The quantitative estimate of drug-likeness (QED) is 0.851. The van der Waals surface area contributed by atoms with Crippen LogP contribution in [-0.2, 0) is 11.3 Å². The number of methoxy groups -OCH3 is 1. The summed E-state index contributed by atoms with van der Waals surface area (Å²) in [6.07, 6.45) is 6.02. The predicted molar refractivity (Wildman–Crippen MR) is 89.6 cm³/mol. The van der Waals surface area contributed by atoms with Crippen molar-refractivity contribution in [1.82, 2.24) is 4.90 Å². The number of ether oxygens (including phenoxy) is 3. The maximum atomic E-state index is 12.7. The first-order chi connectivity index (χ1) is 11.7. The van der Waals surface area contributed by atoms with Gasteiger partial charge in [-0.2, -0.15) is 0 Å². The van der Waals surface area contributed by atoms with Crippen molar-refractivity contribution in [2.24, 2.45) is 0 Å². The molecule has 1 aromatic rings. The second kappa shape index (κ2) is 6.37. The maximum Gasteiger partial charge on any atom is 0.170 e. The van der Waals surface area contributed by atoms with Crippen molar-refractivity contribution in [3.8, 4) is 11.5 Å². The highest BCUT2D eigenvalue weighted by Gasteiger charge is 2.43. The van der Waals surface area contributed by atoms with Crippen molar-refractivity contribution in [2.75, 3.05) is 27.0 Å². The van der Waals surface area contributed by atoms with E-state index in [0.717, 1.165) is 61.4 Å². The van der Waals surface area contributed by atoms with Gasteiger partial charge in [-0.15, -0.1) is 0 Å². The van der Waals surface area contributed by atoms with E-state index in [1.807, 2.05) is 12.1 Å². The monoisotopic (exact) mass is 331 g/mol. The zero-order chi connectivity index (χ0) is 16.6. The van der Waals surface area contributed by atoms with Crippen LogP contribution < -0.4 is 9.47 Å². The third-order valence-electron chi connectivity index (χ3n) is 5.48.